The van der Waals surface area contributed by atoms with Gasteiger partial charge < -0.3 is 15.3 Å². The van der Waals surface area contributed by atoms with E-state index in [4.69, 9.17) is 5.11 Å². The molecular weight excluding hydrogens is 246 g/mol. The number of benzene rings is 1. The SMILES string of the molecule is CCN(C(C)CC(=O)O)C(C)c1cc(O)ccc1O. The van der Waals surface area contributed by atoms with E-state index in [1.807, 2.05) is 25.7 Å². The van der Waals surface area contributed by atoms with Crippen LogP contribution in [-0.4, -0.2) is 38.8 Å². The number of carboxylic acid groups (broad SMARTS) is 1. The number of carboxylic acids is 1. The Morgan fingerprint density at radius 1 is 1.32 bits per heavy atom. The number of phenolic OH excluding ortho intramolecular Hbond substituents is 2. The van der Waals surface area contributed by atoms with Gasteiger partial charge in [-0.25, -0.2) is 0 Å². The summed E-state index contributed by atoms with van der Waals surface area (Å²) in [6.45, 7) is 6.32. The molecule has 0 saturated heterocycles. The molecule has 1 aromatic rings. The molecule has 0 aliphatic rings. The standard InChI is InChI=1S/C14H21NO4/c1-4-15(9(2)7-14(18)19)10(3)12-8-11(16)5-6-13(12)17/h5-6,8-10,16-17H,4,7H2,1-3H3,(H,18,19). The smallest absolute Gasteiger partial charge is 0.304 e. The molecule has 0 bridgehead atoms. The van der Waals surface area contributed by atoms with Gasteiger partial charge in [0.1, 0.15) is 11.5 Å². The van der Waals surface area contributed by atoms with Crippen LogP contribution in [0.3, 0.4) is 0 Å². The maximum Gasteiger partial charge on any atom is 0.304 e. The van der Waals surface area contributed by atoms with Gasteiger partial charge in [-0.05, 0) is 38.6 Å². The van der Waals surface area contributed by atoms with Crippen LogP contribution in [-0.2, 0) is 4.79 Å². The number of phenols is 2. The van der Waals surface area contributed by atoms with Crippen molar-refractivity contribution >= 4 is 5.97 Å². The molecule has 0 saturated carbocycles. The number of nitrogens with zero attached hydrogens (tertiary/aromatic N) is 1. The van der Waals surface area contributed by atoms with E-state index < -0.39 is 5.97 Å². The average molecular weight is 267 g/mol. The Balaban J connectivity index is 2.97. The molecule has 3 N–H and O–H groups in total. The minimum absolute atomic E-state index is 0.0394. The first-order chi connectivity index (χ1) is 8.86. The monoisotopic (exact) mass is 267 g/mol. The number of aromatic hydroxyl groups is 2. The van der Waals surface area contributed by atoms with E-state index in [0.29, 0.717) is 12.1 Å². The molecule has 2 atom stereocenters. The van der Waals surface area contributed by atoms with Crippen molar-refractivity contribution in [2.24, 2.45) is 0 Å². The lowest BCUT2D eigenvalue weighted by atomic mass is 10.0. The van der Waals surface area contributed by atoms with E-state index in [1.54, 1.807) is 0 Å². The van der Waals surface area contributed by atoms with Crippen molar-refractivity contribution in [3.8, 4) is 11.5 Å². The zero-order valence-electron chi connectivity index (χ0n) is 11.5. The largest absolute Gasteiger partial charge is 0.508 e. The molecule has 0 aliphatic heterocycles. The van der Waals surface area contributed by atoms with Crippen molar-refractivity contribution < 1.29 is 20.1 Å². The minimum atomic E-state index is -0.849. The van der Waals surface area contributed by atoms with Crippen LogP contribution in [0.2, 0.25) is 0 Å². The van der Waals surface area contributed by atoms with Crippen LogP contribution < -0.4 is 0 Å². The minimum Gasteiger partial charge on any atom is -0.508 e. The van der Waals surface area contributed by atoms with Gasteiger partial charge in [-0.2, -0.15) is 0 Å². The van der Waals surface area contributed by atoms with Crippen LogP contribution in [0, 0.1) is 0 Å². The fourth-order valence-electron chi connectivity index (χ4n) is 2.39. The highest BCUT2D eigenvalue weighted by Crippen LogP contribution is 2.32. The Bertz CT molecular complexity index is 447. The normalized spacial score (nSPS) is 14.3. The molecule has 0 amide bonds. The third kappa shape index (κ3) is 3.86. The van der Waals surface area contributed by atoms with Crippen molar-refractivity contribution in [2.45, 2.75) is 39.3 Å². The van der Waals surface area contributed by atoms with E-state index in [1.165, 1.54) is 18.2 Å². The Morgan fingerprint density at radius 2 is 1.95 bits per heavy atom. The maximum absolute atomic E-state index is 10.8. The van der Waals surface area contributed by atoms with Crippen LogP contribution in [0.25, 0.3) is 0 Å². The fraction of sp³-hybridized carbons (Fsp3) is 0.500. The summed E-state index contributed by atoms with van der Waals surface area (Å²) in [5.41, 5.74) is 0.596. The fourth-order valence-corrected chi connectivity index (χ4v) is 2.39. The molecule has 1 rings (SSSR count). The highest BCUT2D eigenvalue weighted by atomic mass is 16.4. The van der Waals surface area contributed by atoms with E-state index >= 15 is 0 Å². The Hall–Kier alpha value is -1.75. The summed E-state index contributed by atoms with van der Waals surface area (Å²) in [6.07, 6.45) is 0.0394. The summed E-state index contributed by atoms with van der Waals surface area (Å²) in [5, 5.41) is 28.2. The van der Waals surface area contributed by atoms with E-state index in [2.05, 4.69) is 0 Å². The highest BCUT2D eigenvalue weighted by Gasteiger charge is 2.23. The van der Waals surface area contributed by atoms with Crippen molar-refractivity contribution in [3.05, 3.63) is 23.8 Å². The molecule has 0 aliphatic carbocycles. The molecule has 0 radical (unpaired) electrons. The molecule has 2 unspecified atom stereocenters. The molecule has 0 spiro atoms. The quantitative estimate of drug-likeness (QED) is 0.689. The zero-order chi connectivity index (χ0) is 14.6. The zero-order valence-corrected chi connectivity index (χ0v) is 11.5. The molecule has 5 nitrogen and oxygen atoms in total. The molecule has 0 aromatic heterocycles. The Kier molecular flexibility index (Phi) is 5.18. The second-order valence-corrected chi connectivity index (χ2v) is 4.70. The maximum atomic E-state index is 10.8. The third-order valence-corrected chi connectivity index (χ3v) is 3.36. The van der Waals surface area contributed by atoms with Crippen molar-refractivity contribution in [1.29, 1.82) is 0 Å². The van der Waals surface area contributed by atoms with Crippen molar-refractivity contribution in [3.63, 3.8) is 0 Å². The molecule has 0 heterocycles. The lowest BCUT2D eigenvalue weighted by Crippen LogP contribution is -2.36. The van der Waals surface area contributed by atoms with Crippen molar-refractivity contribution in [2.75, 3.05) is 6.54 Å². The molecule has 19 heavy (non-hydrogen) atoms. The van der Waals surface area contributed by atoms with Gasteiger partial charge in [0.15, 0.2) is 0 Å². The average Bonchev–Trinajstić information content (AvgIpc) is 2.32. The van der Waals surface area contributed by atoms with Gasteiger partial charge in [-0.15, -0.1) is 0 Å². The van der Waals surface area contributed by atoms with Crippen LogP contribution in [0.4, 0.5) is 0 Å². The molecule has 5 heteroatoms. The van der Waals surface area contributed by atoms with Gasteiger partial charge in [-0.3, -0.25) is 9.69 Å². The van der Waals surface area contributed by atoms with Gasteiger partial charge in [0.25, 0.3) is 0 Å². The molecular formula is C14H21NO4. The second kappa shape index (κ2) is 6.43. The summed E-state index contributed by atoms with van der Waals surface area (Å²) in [6, 6.07) is 4.04. The predicted octanol–water partition coefficient (Wildman–Crippen LogP) is 2.34. The lowest BCUT2D eigenvalue weighted by molar-refractivity contribution is -0.138. The first kappa shape index (κ1) is 15.3. The number of aliphatic carboxylic acids is 1. The van der Waals surface area contributed by atoms with Gasteiger partial charge in [0, 0.05) is 17.6 Å². The number of hydrogen-bond acceptors (Lipinski definition) is 4. The number of carbonyl (C=O) groups is 1. The highest BCUT2D eigenvalue weighted by molar-refractivity contribution is 5.67. The van der Waals surface area contributed by atoms with Crippen molar-refractivity contribution in [1.82, 2.24) is 4.90 Å². The van der Waals surface area contributed by atoms with Crippen LogP contribution in [0.5, 0.6) is 11.5 Å². The molecule has 106 valence electrons. The second-order valence-electron chi connectivity index (χ2n) is 4.70. The summed E-state index contributed by atoms with van der Waals surface area (Å²) < 4.78 is 0. The van der Waals surface area contributed by atoms with Crippen LogP contribution >= 0.6 is 0 Å². The van der Waals surface area contributed by atoms with E-state index in [9.17, 15) is 15.0 Å². The topological polar surface area (TPSA) is 81.0 Å². The van der Waals surface area contributed by atoms with Crippen LogP contribution in [0.1, 0.15) is 38.8 Å². The molecule has 0 fully saturated rings. The van der Waals surface area contributed by atoms with Crippen LogP contribution in [0.15, 0.2) is 18.2 Å². The summed E-state index contributed by atoms with van der Waals surface area (Å²) in [5.74, 6) is -0.661. The lowest BCUT2D eigenvalue weighted by Gasteiger charge is -2.33. The summed E-state index contributed by atoms with van der Waals surface area (Å²) in [7, 11) is 0. The van der Waals surface area contributed by atoms with Gasteiger partial charge in [0.2, 0.25) is 0 Å². The predicted molar refractivity (Wildman–Crippen MR) is 72.3 cm³/mol. The van der Waals surface area contributed by atoms with E-state index in [-0.39, 0.29) is 30.0 Å². The Labute approximate surface area is 113 Å². The number of hydrogen-bond donors (Lipinski definition) is 3. The summed E-state index contributed by atoms with van der Waals surface area (Å²) >= 11 is 0. The first-order valence-electron chi connectivity index (χ1n) is 6.36. The third-order valence-electron chi connectivity index (χ3n) is 3.36. The van der Waals surface area contributed by atoms with Gasteiger partial charge in [0.05, 0.1) is 6.42 Å². The van der Waals surface area contributed by atoms with Gasteiger partial charge >= 0.3 is 5.97 Å². The summed E-state index contributed by atoms with van der Waals surface area (Å²) in [4.78, 5) is 12.8. The van der Waals surface area contributed by atoms with E-state index in [0.717, 1.165) is 0 Å². The number of rotatable bonds is 6. The first-order valence-corrected chi connectivity index (χ1v) is 6.36. The Morgan fingerprint density at radius 3 is 2.47 bits per heavy atom. The van der Waals surface area contributed by atoms with Gasteiger partial charge in [-0.1, -0.05) is 6.92 Å². The molecule has 1 aromatic carbocycles.